The molecule has 2 rings (SSSR count). The molecule has 0 aromatic heterocycles. The molecule has 0 N–H and O–H groups in total. The number of methoxy groups -OCH3 is 3. The Morgan fingerprint density at radius 3 is 2.28 bits per heavy atom. The maximum atomic E-state index is 5.53. The molecule has 1 aliphatic carbocycles. The van der Waals surface area contributed by atoms with E-state index in [4.69, 9.17) is 14.2 Å². The standard InChI is InChI=1S/C15H20O3/c1-16-13-10-9-12(11-7-5-4-6-8-11)14(17-2)15(13)18-3/h4-5,9-11H,6-8H2,1-3H3/t11-/m1/s1. The summed E-state index contributed by atoms with van der Waals surface area (Å²) in [4.78, 5) is 0. The molecule has 0 unspecified atom stereocenters. The summed E-state index contributed by atoms with van der Waals surface area (Å²) < 4.78 is 16.3. The van der Waals surface area contributed by atoms with Crippen molar-refractivity contribution in [2.75, 3.05) is 21.3 Å². The first kappa shape index (κ1) is 12.8. The van der Waals surface area contributed by atoms with Crippen molar-refractivity contribution < 1.29 is 14.2 Å². The Hall–Kier alpha value is -1.64. The van der Waals surface area contributed by atoms with Crippen LogP contribution in [0, 0.1) is 0 Å². The van der Waals surface area contributed by atoms with Crippen LogP contribution in [-0.2, 0) is 0 Å². The second-order valence-electron chi connectivity index (χ2n) is 4.40. The van der Waals surface area contributed by atoms with Crippen LogP contribution >= 0.6 is 0 Å². The van der Waals surface area contributed by atoms with Gasteiger partial charge in [-0.25, -0.2) is 0 Å². The monoisotopic (exact) mass is 248 g/mol. The van der Waals surface area contributed by atoms with E-state index in [9.17, 15) is 0 Å². The van der Waals surface area contributed by atoms with Gasteiger partial charge in [0.15, 0.2) is 11.5 Å². The van der Waals surface area contributed by atoms with Crippen LogP contribution in [0.15, 0.2) is 24.3 Å². The molecule has 98 valence electrons. The first-order valence-electron chi connectivity index (χ1n) is 6.25. The lowest BCUT2D eigenvalue weighted by molar-refractivity contribution is 0.320. The van der Waals surface area contributed by atoms with E-state index >= 15 is 0 Å². The summed E-state index contributed by atoms with van der Waals surface area (Å²) in [6.45, 7) is 0. The van der Waals surface area contributed by atoms with Crippen LogP contribution in [0.4, 0.5) is 0 Å². The van der Waals surface area contributed by atoms with Crippen molar-refractivity contribution in [3.63, 3.8) is 0 Å². The molecule has 3 nitrogen and oxygen atoms in total. The normalized spacial score (nSPS) is 18.5. The van der Waals surface area contributed by atoms with E-state index in [1.165, 1.54) is 5.56 Å². The van der Waals surface area contributed by atoms with Crippen LogP contribution in [0.2, 0.25) is 0 Å². The lowest BCUT2D eigenvalue weighted by atomic mass is 9.87. The molecule has 1 aromatic rings. The minimum Gasteiger partial charge on any atom is -0.493 e. The van der Waals surface area contributed by atoms with E-state index in [-0.39, 0.29) is 0 Å². The molecule has 0 aliphatic heterocycles. The Balaban J connectivity index is 2.43. The molecule has 3 heteroatoms. The third-order valence-corrected chi connectivity index (χ3v) is 3.44. The second kappa shape index (κ2) is 5.80. The van der Waals surface area contributed by atoms with Gasteiger partial charge in [-0.2, -0.15) is 0 Å². The zero-order chi connectivity index (χ0) is 13.0. The van der Waals surface area contributed by atoms with Crippen molar-refractivity contribution in [2.24, 2.45) is 0 Å². The van der Waals surface area contributed by atoms with Gasteiger partial charge in [0, 0.05) is 5.56 Å². The average Bonchev–Trinajstić information content (AvgIpc) is 2.46. The highest BCUT2D eigenvalue weighted by atomic mass is 16.5. The Kier molecular flexibility index (Phi) is 4.13. The lowest BCUT2D eigenvalue weighted by Gasteiger charge is -2.23. The quantitative estimate of drug-likeness (QED) is 0.763. The zero-order valence-electron chi connectivity index (χ0n) is 11.2. The SMILES string of the molecule is COc1ccc([C@@H]2CC=CCC2)c(OC)c1OC. The summed E-state index contributed by atoms with van der Waals surface area (Å²) >= 11 is 0. The Morgan fingerprint density at radius 2 is 1.72 bits per heavy atom. The Labute approximate surface area is 108 Å². The molecule has 1 aromatic carbocycles. The Morgan fingerprint density at radius 1 is 0.944 bits per heavy atom. The topological polar surface area (TPSA) is 27.7 Å². The van der Waals surface area contributed by atoms with Gasteiger partial charge in [-0.3, -0.25) is 0 Å². The van der Waals surface area contributed by atoms with E-state index in [2.05, 4.69) is 18.2 Å². The highest BCUT2D eigenvalue weighted by Crippen LogP contribution is 2.45. The van der Waals surface area contributed by atoms with Gasteiger partial charge in [0.1, 0.15) is 0 Å². The maximum absolute atomic E-state index is 5.53. The second-order valence-corrected chi connectivity index (χ2v) is 4.40. The van der Waals surface area contributed by atoms with Crippen LogP contribution in [0.1, 0.15) is 30.7 Å². The van der Waals surface area contributed by atoms with Crippen LogP contribution in [0.3, 0.4) is 0 Å². The third kappa shape index (κ3) is 2.30. The van der Waals surface area contributed by atoms with Crippen molar-refractivity contribution in [1.82, 2.24) is 0 Å². The number of benzene rings is 1. The van der Waals surface area contributed by atoms with Gasteiger partial charge in [0.25, 0.3) is 0 Å². The van der Waals surface area contributed by atoms with Gasteiger partial charge in [0.05, 0.1) is 21.3 Å². The van der Waals surface area contributed by atoms with E-state index in [0.29, 0.717) is 17.4 Å². The van der Waals surface area contributed by atoms with Crippen LogP contribution in [-0.4, -0.2) is 21.3 Å². The highest BCUT2D eigenvalue weighted by Gasteiger charge is 2.22. The van der Waals surface area contributed by atoms with E-state index < -0.39 is 0 Å². The third-order valence-electron chi connectivity index (χ3n) is 3.44. The number of ether oxygens (including phenoxy) is 3. The lowest BCUT2D eigenvalue weighted by Crippen LogP contribution is -2.05. The van der Waals surface area contributed by atoms with Crippen molar-refractivity contribution >= 4 is 0 Å². The maximum Gasteiger partial charge on any atom is 0.203 e. The molecule has 0 spiro atoms. The molecular weight excluding hydrogens is 228 g/mol. The fourth-order valence-corrected chi connectivity index (χ4v) is 2.52. The van der Waals surface area contributed by atoms with Gasteiger partial charge < -0.3 is 14.2 Å². The predicted molar refractivity (Wildman–Crippen MR) is 71.8 cm³/mol. The first-order valence-corrected chi connectivity index (χ1v) is 6.25. The fraction of sp³-hybridized carbons (Fsp3) is 0.467. The van der Waals surface area contributed by atoms with E-state index in [1.807, 2.05) is 6.07 Å². The molecule has 1 aliphatic rings. The molecule has 0 amide bonds. The van der Waals surface area contributed by atoms with Gasteiger partial charge >= 0.3 is 0 Å². The van der Waals surface area contributed by atoms with Crippen molar-refractivity contribution in [2.45, 2.75) is 25.2 Å². The number of allylic oxidation sites excluding steroid dienone is 2. The zero-order valence-corrected chi connectivity index (χ0v) is 11.2. The summed E-state index contributed by atoms with van der Waals surface area (Å²) in [7, 11) is 4.96. The van der Waals surface area contributed by atoms with Gasteiger partial charge in [-0.15, -0.1) is 0 Å². The van der Waals surface area contributed by atoms with Crippen LogP contribution < -0.4 is 14.2 Å². The molecule has 18 heavy (non-hydrogen) atoms. The minimum atomic E-state index is 0.504. The largest absolute Gasteiger partial charge is 0.493 e. The molecule has 0 saturated carbocycles. The van der Waals surface area contributed by atoms with E-state index in [1.54, 1.807) is 21.3 Å². The fourth-order valence-electron chi connectivity index (χ4n) is 2.52. The summed E-state index contributed by atoms with van der Waals surface area (Å²) in [5.74, 6) is 2.71. The van der Waals surface area contributed by atoms with Crippen molar-refractivity contribution in [1.29, 1.82) is 0 Å². The molecule has 0 radical (unpaired) electrons. The summed E-state index contributed by atoms with van der Waals surface area (Å²) in [5.41, 5.74) is 1.21. The highest BCUT2D eigenvalue weighted by molar-refractivity contribution is 5.57. The molecule has 0 heterocycles. The van der Waals surface area contributed by atoms with Crippen molar-refractivity contribution in [3.8, 4) is 17.2 Å². The summed E-state index contributed by atoms with van der Waals surface area (Å²) in [6.07, 6.45) is 7.82. The van der Waals surface area contributed by atoms with Gasteiger partial charge in [-0.1, -0.05) is 18.2 Å². The first-order chi connectivity index (χ1) is 8.81. The van der Waals surface area contributed by atoms with Crippen molar-refractivity contribution in [3.05, 3.63) is 29.8 Å². The van der Waals surface area contributed by atoms with Gasteiger partial charge in [0.2, 0.25) is 5.75 Å². The van der Waals surface area contributed by atoms with E-state index in [0.717, 1.165) is 25.0 Å². The number of hydrogen-bond acceptors (Lipinski definition) is 3. The number of rotatable bonds is 4. The molecule has 0 fully saturated rings. The summed E-state index contributed by atoms with van der Waals surface area (Å²) in [5, 5.41) is 0. The average molecular weight is 248 g/mol. The van der Waals surface area contributed by atoms with Gasteiger partial charge in [-0.05, 0) is 31.2 Å². The minimum absolute atomic E-state index is 0.504. The van der Waals surface area contributed by atoms with Crippen LogP contribution in [0.5, 0.6) is 17.2 Å². The molecular formula is C15H20O3. The van der Waals surface area contributed by atoms with Crippen LogP contribution in [0.25, 0.3) is 0 Å². The summed E-state index contributed by atoms with van der Waals surface area (Å²) in [6, 6.07) is 4.04. The number of hydrogen-bond donors (Lipinski definition) is 0. The predicted octanol–water partition coefficient (Wildman–Crippen LogP) is 3.54. The Bertz CT molecular complexity index is 438. The smallest absolute Gasteiger partial charge is 0.203 e. The molecule has 0 saturated heterocycles. The molecule has 1 atom stereocenters. The molecule has 0 bridgehead atoms.